The first-order valence-electron chi connectivity index (χ1n) is 15.3. The molecule has 0 N–H and O–H groups in total. The Morgan fingerprint density at radius 1 is 0.378 bits per heavy atom. The van der Waals surface area contributed by atoms with Gasteiger partial charge >= 0.3 is 0 Å². The van der Waals surface area contributed by atoms with Crippen LogP contribution in [0, 0.1) is 0 Å². The molecule has 45 heavy (non-hydrogen) atoms. The van der Waals surface area contributed by atoms with Crippen molar-refractivity contribution in [2.45, 2.75) is 0 Å². The molecule has 0 saturated heterocycles. The summed E-state index contributed by atoms with van der Waals surface area (Å²) in [5.41, 5.74) is 10.9. The number of furan rings is 1. The Bertz CT molecular complexity index is 2490. The second kappa shape index (κ2) is 10.3. The molecule has 0 fully saturated rings. The number of nitrogens with zero attached hydrogens (tertiary/aromatic N) is 2. The standard InChI is InChI=1S/C42H28N2O/c1-3-13-31(14-4-1)43(34-23-25-38-37-19-8-10-21-41(37)45-42(38)28-34)33-17-11-12-29(26-33)30-22-24-36-35-18-7-9-20-39(35)44(40(36)27-30)32-15-5-2-6-16-32/h1-28H. The molecule has 212 valence electrons. The van der Waals surface area contributed by atoms with Gasteiger partial charge in [0.2, 0.25) is 0 Å². The minimum atomic E-state index is 0.880. The van der Waals surface area contributed by atoms with E-state index in [1.807, 2.05) is 12.1 Å². The van der Waals surface area contributed by atoms with Crippen LogP contribution < -0.4 is 4.90 Å². The summed E-state index contributed by atoms with van der Waals surface area (Å²) < 4.78 is 8.66. The molecule has 9 aromatic rings. The number of rotatable bonds is 5. The van der Waals surface area contributed by atoms with E-state index in [0.717, 1.165) is 50.3 Å². The number of fused-ring (bicyclic) bond motifs is 6. The molecule has 0 bridgehead atoms. The van der Waals surface area contributed by atoms with Gasteiger partial charge in [-0.1, -0.05) is 97.1 Å². The van der Waals surface area contributed by atoms with Crippen molar-refractivity contribution in [2.75, 3.05) is 4.90 Å². The average molecular weight is 577 g/mol. The molecule has 7 aromatic carbocycles. The highest BCUT2D eigenvalue weighted by Crippen LogP contribution is 2.40. The predicted octanol–water partition coefficient (Wildman–Crippen LogP) is 11.8. The Hall–Kier alpha value is -6.06. The van der Waals surface area contributed by atoms with Gasteiger partial charge in [-0.15, -0.1) is 0 Å². The van der Waals surface area contributed by atoms with Gasteiger partial charge in [0.1, 0.15) is 11.2 Å². The normalized spacial score (nSPS) is 11.6. The second-order valence-electron chi connectivity index (χ2n) is 11.4. The van der Waals surface area contributed by atoms with Crippen molar-refractivity contribution in [1.82, 2.24) is 4.57 Å². The molecule has 0 aliphatic rings. The monoisotopic (exact) mass is 576 g/mol. The molecule has 2 aromatic heterocycles. The molecule has 2 heterocycles. The Morgan fingerprint density at radius 3 is 1.87 bits per heavy atom. The van der Waals surface area contributed by atoms with Crippen molar-refractivity contribution in [1.29, 1.82) is 0 Å². The maximum absolute atomic E-state index is 6.29. The van der Waals surface area contributed by atoms with Crippen LogP contribution >= 0.6 is 0 Å². The van der Waals surface area contributed by atoms with Crippen LogP contribution in [0.3, 0.4) is 0 Å². The van der Waals surface area contributed by atoms with Crippen LogP contribution in [-0.2, 0) is 0 Å². The highest BCUT2D eigenvalue weighted by molar-refractivity contribution is 6.10. The summed E-state index contributed by atoms with van der Waals surface area (Å²) in [6.45, 7) is 0. The highest BCUT2D eigenvalue weighted by Gasteiger charge is 2.17. The van der Waals surface area contributed by atoms with Crippen LogP contribution in [0.2, 0.25) is 0 Å². The molecule has 9 rings (SSSR count). The number of anilines is 3. The Kier molecular flexibility index (Phi) is 5.82. The van der Waals surface area contributed by atoms with Crippen molar-refractivity contribution in [3.63, 3.8) is 0 Å². The summed E-state index contributed by atoms with van der Waals surface area (Å²) in [5, 5.41) is 4.76. The molecule has 0 spiro atoms. The highest BCUT2D eigenvalue weighted by atomic mass is 16.3. The molecule has 3 nitrogen and oxygen atoms in total. The van der Waals surface area contributed by atoms with Crippen molar-refractivity contribution in [2.24, 2.45) is 0 Å². The van der Waals surface area contributed by atoms with E-state index >= 15 is 0 Å². The molecular formula is C42H28N2O. The van der Waals surface area contributed by atoms with E-state index in [1.165, 1.54) is 27.4 Å². The van der Waals surface area contributed by atoms with Crippen LogP contribution in [0.25, 0.3) is 60.6 Å². The number of hydrogen-bond donors (Lipinski definition) is 0. The lowest BCUT2D eigenvalue weighted by molar-refractivity contribution is 0.669. The van der Waals surface area contributed by atoms with Gasteiger partial charge in [-0.25, -0.2) is 0 Å². The Balaban J connectivity index is 1.21. The van der Waals surface area contributed by atoms with Gasteiger partial charge in [0.25, 0.3) is 0 Å². The molecule has 0 amide bonds. The number of hydrogen-bond acceptors (Lipinski definition) is 2. The number of benzene rings is 7. The van der Waals surface area contributed by atoms with Gasteiger partial charge in [0.15, 0.2) is 0 Å². The van der Waals surface area contributed by atoms with Gasteiger partial charge in [-0.3, -0.25) is 0 Å². The minimum Gasteiger partial charge on any atom is -0.456 e. The third-order valence-corrected chi connectivity index (χ3v) is 8.76. The molecule has 0 atom stereocenters. The summed E-state index contributed by atoms with van der Waals surface area (Å²) >= 11 is 0. The third-order valence-electron chi connectivity index (χ3n) is 8.76. The van der Waals surface area contributed by atoms with E-state index in [0.29, 0.717) is 0 Å². The maximum atomic E-state index is 6.29. The predicted molar refractivity (Wildman–Crippen MR) is 188 cm³/mol. The minimum absolute atomic E-state index is 0.880. The Morgan fingerprint density at radius 2 is 1.00 bits per heavy atom. The SMILES string of the molecule is c1ccc(N(c2cccc(-c3ccc4c5ccccc5n(-c5ccccc5)c4c3)c2)c2ccc3c(c2)oc2ccccc23)cc1. The van der Waals surface area contributed by atoms with E-state index in [1.54, 1.807) is 0 Å². The lowest BCUT2D eigenvalue weighted by Gasteiger charge is -2.26. The van der Waals surface area contributed by atoms with Crippen molar-refractivity contribution >= 4 is 60.8 Å². The average Bonchev–Trinajstić information content (AvgIpc) is 3.64. The van der Waals surface area contributed by atoms with E-state index < -0.39 is 0 Å². The summed E-state index contributed by atoms with van der Waals surface area (Å²) in [6.07, 6.45) is 0. The first-order chi connectivity index (χ1) is 22.3. The molecule has 0 saturated carbocycles. The van der Waals surface area contributed by atoms with Crippen LogP contribution in [0.5, 0.6) is 0 Å². The van der Waals surface area contributed by atoms with E-state index in [9.17, 15) is 0 Å². The second-order valence-corrected chi connectivity index (χ2v) is 11.4. The van der Waals surface area contributed by atoms with Crippen molar-refractivity contribution in [3.05, 3.63) is 170 Å². The first kappa shape index (κ1) is 25.4. The van der Waals surface area contributed by atoms with Crippen LogP contribution in [0.4, 0.5) is 17.1 Å². The maximum Gasteiger partial charge on any atom is 0.137 e. The third kappa shape index (κ3) is 4.21. The molecule has 3 heteroatoms. The van der Waals surface area contributed by atoms with Gasteiger partial charge in [-0.2, -0.15) is 0 Å². The molecule has 0 aliphatic heterocycles. The summed E-state index contributed by atoms with van der Waals surface area (Å²) in [4.78, 5) is 2.30. The smallest absolute Gasteiger partial charge is 0.137 e. The summed E-state index contributed by atoms with van der Waals surface area (Å²) in [7, 11) is 0. The fourth-order valence-corrected chi connectivity index (χ4v) is 6.71. The van der Waals surface area contributed by atoms with E-state index in [-0.39, 0.29) is 0 Å². The fraction of sp³-hybridized carbons (Fsp3) is 0. The molecule has 0 unspecified atom stereocenters. The van der Waals surface area contributed by atoms with E-state index in [2.05, 4.69) is 167 Å². The van der Waals surface area contributed by atoms with E-state index in [4.69, 9.17) is 4.42 Å². The summed E-state index contributed by atoms with van der Waals surface area (Å²) in [5.74, 6) is 0. The van der Waals surface area contributed by atoms with Gasteiger partial charge in [0.05, 0.1) is 11.0 Å². The lowest BCUT2D eigenvalue weighted by Crippen LogP contribution is -2.09. The summed E-state index contributed by atoms with van der Waals surface area (Å²) in [6, 6.07) is 60.2. The number of para-hydroxylation sites is 4. The van der Waals surface area contributed by atoms with Crippen molar-refractivity contribution < 1.29 is 4.42 Å². The molecular weight excluding hydrogens is 548 g/mol. The van der Waals surface area contributed by atoms with Crippen LogP contribution in [0.1, 0.15) is 0 Å². The zero-order chi connectivity index (χ0) is 29.7. The van der Waals surface area contributed by atoms with Crippen LogP contribution in [0.15, 0.2) is 174 Å². The molecule has 0 radical (unpaired) electrons. The van der Waals surface area contributed by atoms with Crippen molar-refractivity contribution in [3.8, 4) is 16.8 Å². The zero-order valence-corrected chi connectivity index (χ0v) is 24.5. The fourth-order valence-electron chi connectivity index (χ4n) is 6.71. The van der Waals surface area contributed by atoms with Gasteiger partial charge in [-0.05, 0) is 77.9 Å². The number of aromatic nitrogens is 1. The topological polar surface area (TPSA) is 21.3 Å². The zero-order valence-electron chi connectivity index (χ0n) is 24.5. The quantitative estimate of drug-likeness (QED) is 0.203. The van der Waals surface area contributed by atoms with Crippen LogP contribution in [-0.4, -0.2) is 4.57 Å². The first-order valence-corrected chi connectivity index (χ1v) is 15.3. The van der Waals surface area contributed by atoms with Gasteiger partial charge < -0.3 is 13.9 Å². The lowest BCUT2D eigenvalue weighted by atomic mass is 10.0. The van der Waals surface area contributed by atoms with Gasteiger partial charge in [0, 0.05) is 50.4 Å². The Labute approximate surface area is 260 Å². The molecule has 0 aliphatic carbocycles. The largest absolute Gasteiger partial charge is 0.456 e.